The van der Waals surface area contributed by atoms with E-state index >= 15 is 0 Å². The number of primary amides is 1. The second-order valence-electron chi connectivity index (χ2n) is 9.73. The van der Waals surface area contributed by atoms with Gasteiger partial charge in [0.25, 0.3) is 5.91 Å². The van der Waals surface area contributed by atoms with Crippen LogP contribution in [-0.4, -0.2) is 21.4 Å². The van der Waals surface area contributed by atoms with Crippen molar-refractivity contribution in [3.8, 4) is 22.9 Å². The molecule has 2 amide bonds. The molecule has 1 heterocycles. The van der Waals surface area contributed by atoms with E-state index < -0.39 is 35.3 Å². The van der Waals surface area contributed by atoms with Crippen molar-refractivity contribution >= 4 is 22.8 Å². The van der Waals surface area contributed by atoms with Crippen LogP contribution in [0.15, 0.2) is 91.0 Å². The summed E-state index contributed by atoms with van der Waals surface area (Å²) in [5, 5.41) is 2.59. The number of rotatable bonds is 8. The summed E-state index contributed by atoms with van der Waals surface area (Å²) in [6, 6.07) is 19.8. The highest BCUT2D eigenvalue weighted by atomic mass is 19.4. The van der Waals surface area contributed by atoms with Crippen LogP contribution in [0.3, 0.4) is 0 Å². The molecular formula is C31H22F6N4O3. The van der Waals surface area contributed by atoms with Crippen LogP contribution in [0, 0.1) is 0 Å². The van der Waals surface area contributed by atoms with Crippen LogP contribution < -0.4 is 15.8 Å². The highest BCUT2D eigenvalue weighted by molar-refractivity contribution is 5.98. The average molecular weight is 613 g/mol. The van der Waals surface area contributed by atoms with Crippen LogP contribution in [0.2, 0.25) is 0 Å². The Bertz CT molecular complexity index is 1860. The lowest BCUT2D eigenvalue weighted by Gasteiger charge is -2.11. The molecule has 0 fully saturated rings. The summed E-state index contributed by atoms with van der Waals surface area (Å²) in [6.45, 7) is -0.424. The van der Waals surface area contributed by atoms with E-state index in [4.69, 9.17) is 10.5 Å². The number of benzene rings is 4. The minimum Gasteiger partial charge on any atom is -0.457 e. The number of aromatic nitrogens is 2. The van der Waals surface area contributed by atoms with Gasteiger partial charge in [-0.25, -0.2) is 4.98 Å². The van der Waals surface area contributed by atoms with Crippen molar-refractivity contribution < 1.29 is 40.7 Å². The molecule has 0 radical (unpaired) electrons. The third-order valence-electron chi connectivity index (χ3n) is 6.52. The molecule has 13 heteroatoms. The standard InChI is InChI=1S/C31H22F6N4O3/c32-30(33,34)21-6-1-4-18(12-21)16-39-29(43)20-10-11-26-25(14-20)40-28(41(26)17-27(38)42)19-5-2-8-23(13-19)44-24-9-3-7-22(15-24)31(35,36)37/h1-15H,16-17H2,(H2,38,42)(H,39,43). The van der Waals surface area contributed by atoms with Crippen LogP contribution in [0.1, 0.15) is 27.0 Å². The minimum atomic E-state index is -4.55. The number of imidazole rings is 1. The summed E-state index contributed by atoms with van der Waals surface area (Å²) < 4.78 is 85.6. The average Bonchev–Trinajstić information content (AvgIpc) is 3.32. The number of nitrogens with one attached hydrogen (secondary N) is 1. The van der Waals surface area contributed by atoms with Crippen molar-refractivity contribution in [2.75, 3.05) is 0 Å². The summed E-state index contributed by atoms with van der Waals surface area (Å²) in [4.78, 5) is 29.4. The van der Waals surface area contributed by atoms with E-state index in [1.807, 2.05) is 0 Å². The number of halogens is 6. The summed E-state index contributed by atoms with van der Waals surface area (Å²) >= 11 is 0. The highest BCUT2D eigenvalue weighted by Gasteiger charge is 2.31. The molecule has 0 saturated heterocycles. The molecule has 3 N–H and O–H groups in total. The largest absolute Gasteiger partial charge is 0.457 e. The van der Waals surface area contributed by atoms with Gasteiger partial charge in [0.1, 0.15) is 23.9 Å². The van der Waals surface area contributed by atoms with E-state index in [1.54, 1.807) is 18.2 Å². The second kappa shape index (κ2) is 11.7. The Labute approximate surface area is 245 Å². The maximum atomic E-state index is 13.1. The van der Waals surface area contributed by atoms with Gasteiger partial charge in [-0.2, -0.15) is 26.3 Å². The van der Waals surface area contributed by atoms with Gasteiger partial charge in [-0.3, -0.25) is 9.59 Å². The van der Waals surface area contributed by atoms with Gasteiger partial charge in [0.05, 0.1) is 22.2 Å². The zero-order valence-electron chi connectivity index (χ0n) is 22.5. The van der Waals surface area contributed by atoms with E-state index in [2.05, 4.69) is 10.3 Å². The third kappa shape index (κ3) is 6.83. The lowest BCUT2D eigenvalue weighted by atomic mass is 10.1. The van der Waals surface area contributed by atoms with E-state index in [1.165, 1.54) is 53.1 Å². The van der Waals surface area contributed by atoms with Gasteiger partial charge < -0.3 is 20.4 Å². The van der Waals surface area contributed by atoms with Gasteiger partial charge >= 0.3 is 12.4 Å². The van der Waals surface area contributed by atoms with Gasteiger partial charge in [0, 0.05) is 17.7 Å². The fraction of sp³-hybridized carbons (Fsp3) is 0.129. The molecule has 0 atom stereocenters. The Morgan fingerprint density at radius 1 is 0.795 bits per heavy atom. The fourth-order valence-corrected chi connectivity index (χ4v) is 4.52. The van der Waals surface area contributed by atoms with Crippen LogP contribution in [-0.2, 0) is 30.2 Å². The topological polar surface area (TPSA) is 99.2 Å². The Balaban J connectivity index is 1.42. The Morgan fingerprint density at radius 2 is 1.43 bits per heavy atom. The van der Waals surface area contributed by atoms with Gasteiger partial charge in [-0.05, 0) is 66.2 Å². The SMILES string of the molecule is NC(=O)Cn1c(-c2cccc(Oc3cccc(C(F)(F)F)c3)c2)nc2cc(C(=O)NCc3cccc(C(F)(F)F)c3)ccc21. The van der Waals surface area contributed by atoms with E-state index in [0.29, 0.717) is 16.6 Å². The lowest BCUT2D eigenvalue weighted by molar-refractivity contribution is -0.138. The van der Waals surface area contributed by atoms with Crippen molar-refractivity contribution in [1.29, 1.82) is 0 Å². The number of alkyl halides is 6. The van der Waals surface area contributed by atoms with Gasteiger partial charge in [-0.1, -0.05) is 30.3 Å². The van der Waals surface area contributed by atoms with Crippen molar-refractivity contribution in [2.45, 2.75) is 25.4 Å². The predicted molar refractivity (Wildman–Crippen MR) is 148 cm³/mol. The molecule has 44 heavy (non-hydrogen) atoms. The molecule has 4 aromatic carbocycles. The lowest BCUT2D eigenvalue weighted by Crippen LogP contribution is -2.23. The third-order valence-corrected chi connectivity index (χ3v) is 6.52. The first-order valence-corrected chi connectivity index (χ1v) is 13.0. The molecule has 5 aromatic rings. The van der Waals surface area contributed by atoms with Gasteiger partial charge in [0.2, 0.25) is 5.91 Å². The Kier molecular flexibility index (Phi) is 8.05. The molecule has 7 nitrogen and oxygen atoms in total. The van der Waals surface area contributed by atoms with Crippen LogP contribution >= 0.6 is 0 Å². The first kappa shape index (κ1) is 30.1. The molecule has 0 aliphatic carbocycles. The fourth-order valence-electron chi connectivity index (χ4n) is 4.52. The molecule has 0 unspecified atom stereocenters. The van der Waals surface area contributed by atoms with Gasteiger partial charge in [0.15, 0.2) is 0 Å². The Hall–Kier alpha value is -5.33. The number of ether oxygens (including phenoxy) is 1. The monoisotopic (exact) mass is 612 g/mol. The molecular weight excluding hydrogens is 590 g/mol. The maximum absolute atomic E-state index is 13.1. The predicted octanol–water partition coefficient (Wildman–Crippen LogP) is 6.95. The molecule has 226 valence electrons. The number of nitrogens with two attached hydrogens (primary N) is 1. The zero-order valence-corrected chi connectivity index (χ0v) is 22.5. The normalized spacial score (nSPS) is 11.9. The van der Waals surface area contributed by atoms with Crippen molar-refractivity contribution in [1.82, 2.24) is 14.9 Å². The number of nitrogens with zero attached hydrogens (tertiary/aromatic N) is 2. The molecule has 1 aromatic heterocycles. The van der Waals surface area contributed by atoms with Crippen LogP contribution in [0.25, 0.3) is 22.4 Å². The first-order valence-electron chi connectivity index (χ1n) is 13.0. The van der Waals surface area contributed by atoms with Crippen LogP contribution in [0.4, 0.5) is 26.3 Å². The molecule has 0 aliphatic heterocycles. The number of carbonyl (C=O) groups excluding carboxylic acids is 2. The number of hydrogen-bond donors (Lipinski definition) is 2. The van der Waals surface area contributed by atoms with Crippen molar-refractivity contribution in [2.24, 2.45) is 5.73 Å². The van der Waals surface area contributed by atoms with E-state index in [-0.39, 0.29) is 41.5 Å². The molecule has 0 saturated carbocycles. The molecule has 0 aliphatic rings. The van der Waals surface area contributed by atoms with Gasteiger partial charge in [-0.15, -0.1) is 0 Å². The molecule has 0 spiro atoms. The van der Waals surface area contributed by atoms with Crippen molar-refractivity contribution in [3.05, 3.63) is 113 Å². The highest BCUT2D eigenvalue weighted by Crippen LogP contribution is 2.34. The number of carbonyl (C=O) groups is 2. The summed E-state index contributed by atoms with van der Waals surface area (Å²) in [6.07, 6.45) is -9.06. The summed E-state index contributed by atoms with van der Waals surface area (Å²) in [5.74, 6) is -0.802. The number of hydrogen-bond acceptors (Lipinski definition) is 4. The maximum Gasteiger partial charge on any atom is 0.416 e. The smallest absolute Gasteiger partial charge is 0.416 e. The summed E-state index contributed by atoms with van der Waals surface area (Å²) in [5.41, 5.74) is 5.42. The van der Waals surface area contributed by atoms with E-state index in [0.717, 1.165) is 24.3 Å². The quantitative estimate of drug-likeness (QED) is 0.185. The second-order valence-corrected chi connectivity index (χ2v) is 9.73. The zero-order chi connectivity index (χ0) is 31.6. The molecule has 0 bridgehead atoms. The Morgan fingerprint density at radius 3 is 2.11 bits per heavy atom. The first-order chi connectivity index (χ1) is 20.8. The minimum absolute atomic E-state index is 0.0385. The number of amides is 2. The molecule has 5 rings (SSSR count). The van der Waals surface area contributed by atoms with E-state index in [9.17, 15) is 35.9 Å². The number of fused-ring (bicyclic) bond motifs is 1. The summed E-state index contributed by atoms with van der Waals surface area (Å²) in [7, 11) is 0. The van der Waals surface area contributed by atoms with Crippen LogP contribution in [0.5, 0.6) is 11.5 Å². The van der Waals surface area contributed by atoms with Crippen molar-refractivity contribution in [3.63, 3.8) is 0 Å².